The molecule has 2 N–H and O–H groups in total. The van der Waals surface area contributed by atoms with Gasteiger partial charge in [0.1, 0.15) is 11.3 Å². The van der Waals surface area contributed by atoms with E-state index in [-0.39, 0.29) is 12.5 Å². The highest BCUT2D eigenvalue weighted by molar-refractivity contribution is 5.77. The Morgan fingerprint density at radius 2 is 2.11 bits per heavy atom. The number of furan rings is 1. The van der Waals surface area contributed by atoms with Crippen LogP contribution < -0.4 is 5.32 Å². The van der Waals surface area contributed by atoms with E-state index in [9.17, 15) is 9.90 Å². The highest BCUT2D eigenvalue weighted by Gasteiger charge is 2.18. The molecule has 0 fully saturated rings. The highest BCUT2D eigenvalue weighted by Crippen LogP contribution is 2.19. The molecule has 6 nitrogen and oxygen atoms in total. The molecule has 1 aliphatic heterocycles. The van der Waals surface area contributed by atoms with Crippen molar-refractivity contribution in [2.45, 2.75) is 31.9 Å². The number of fused-ring (bicyclic) bond motifs is 2. The average molecular weight is 379 g/mol. The van der Waals surface area contributed by atoms with Gasteiger partial charge in [0.05, 0.1) is 6.10 Å². The van der Waals surface area contributed by atoms with Crippen molar-refractivity contribution in [3.63, 3.8) is 0 Å². The highest BCUT2D eigenvalue weighted by atomic mass is 16.3. The number of carbonyl (C=O) groups is 1. The minimum Gasteiger partial charge on any atom is -0.459 e. The Bertz CT molecular complexity index is 920. The number of pyridine rings is 1. The summed E-state index contributed by atoms with van der Waals surface area (Å²) >= 11 is 0. The lowest BCUT2D eigenvalue weighted by molar-refractivity contribution is -0.121. The predicted molar refractivity (Wildman–Crippen MR) is 107 cm³/mol. The van der Waals surface area contributed by atoms with Crippen LogP contribution in [0.1, 0.15) is 23.3 Å². The molecule has 28 heavy (non-hydrogen) atoms. The monoisotopic (exact) mass is 379 g/mol. The van der Waals surface area contributed by atoms with Crippen LogP contribution in [-0.2, 0) is 24.2 Å². The second-order valence-corrected chi connectivity index (χ2v) is 7.31. The van der Waals surface area contributed by atoms with Crippen LogP contribution in [0.3, 0.4) is 0 Å². The van der Waals surface area contributed by atoms with Gasteiger partial charge in [-0.1, -0.05) is 24.3 Å². The van der Waals surface area contributed by atoms with Crippen LogP contribution in [0.4, 0.5) is 0 Å². The van der Waals surface area contributed by atoms with E-state index in [0.29, 0.717) is 19.4 Å². The van der Waals surface area contributed by atoms with E-state index in [0.717, 1.165) is 36.4 Å². The molecule has 0 saturated heterocycles. The average Bonchev–Trinajstić information content (AvgIpc) is 3.14. The fraction of sp³-hybridized carbons (Fsp3) is 0.364. The predicted octanol–water partition coefficient (Wildman–Crippen LogP) is 2.30. The second kappa shape index (κ2) is 8.54. The molecule has 4 rings (SSSR count). The lowest BCUT2D eigenvalue weighted by Crippen LogP contribution is -2.42. The first-order valence-electron chi connectivity index (χ1n) is 9.75. The Balaban J connectivity index is 1.19. The van der Waals surface area contributed by atoms with Crippen LogP contribution in [0.25, 0.3) is 11.1 Å². The summed E-state index contributed by atoms with van der Waals surface area (Å²) in [6, 6.07) is 14.0. The number of rotatable bonds is 7. The van der Waals surface area contributed by atoms with Crippen LogP contribution in [0, 0.1) is 0 Å². The zero-order valence-corrected chi connectivity index (χ0v) is 15.8. The number of aromatic nitrogens is 1. The minimum atomic E-state index is -0.579. The molecule has 0 spiro atoms. The third kappa shape index (κ3) is 4.58. The first-order valence-corrected chi connectivity index (χ1v) is 9.75. The van der Waals surface area contributed by atoms with Crippen LogP contribution in [-0.4, -0.2) is 46.6 Å². The molecule has 1 aliphatic rings. The van der Waals surface area contributed by atoms with Gasteiger partial charge in [-0.3, -0.25) is 14.7 Å². The number of aliphatic hydroxyl groups excluding tert-OH is 1. The first kappa shape index (κ1) is 18.7. The van der Waals surface area contributed by atoms with E-state index in [1.807, 2.05) is 18.2 Å². The summed E-state index contributed by atoms with van der Waals surface area (Å²) < 4.78 is 5.67. The van der Waals surface area contributed by atoms with Crippen LogP contribution >= 0.6 is 0 Å². The van der Waals surface area contributed by atoms with Gasteiger partial charge in [-0.15, -0.1) is 0 Å². The van der Waals surface area contributed by atoms with Crippen molar-refractivity contribution in [1.82, 2.24) is 15.2 Å². The Morgan fingerprint density at radius 1 is 1.25 bits per heavy atom. The van der Waals surface area contributed by atoms with Crippen molar-refractivity contribution in [3.8, 4) is 0 Å². The molecule has 146 valence electrons. The van der Waals surface area contributed by atoms with Crippen molar-refractivity contribution < 1.29 is 14.3 Å². The summed E-state index contributed by atoms with van der Waals surface area (Å²) in [7, 11) is 0. The van der Waals surface area contributed by atoms with Crippen molar-refractivity contribution in [2.24, 2.45) is 0 Å². The number of amides is 1. The molecule has 3 heterocycles. The van der Waals surface area contributed by atoms with Crippen LogP contribution in [0.5, 0.6) is 0 Å². The smallest absolute Gasteiger partial charge is 0.220 e. The molecule has 1 amide bonds. The molecule has 0 aliphatic carbocycles. The largest absolute Gasteiger partial charge is 0.459 e. The third-order valence-corrected chi connectivity index (χ3v) is 5.15. The minimum absolute atomic E-state index is 0.0866. The van der Waals surface area contributed by atoms with Crippen LogP contribution in [0.15, 0.2) is 53.1 Å². The van der Waals surface area contributed by atoms with Crippen molar-refractivity contribution in [3.05, 3.63) is 65.5 Å². The summed E-state index contributed by atoms with van der Waals surface area (Å²) in [6.07, 6.45) is 2.98. The molecule has 0 saturated carbocycles. The van der Waals surface area contributed by atoms with E-state index < -0.39 is 6.10 Å². The van der Waals surface area contributed by atoms with E-state index in [1.165, 1.54) is 11.1 Å². The number of aryl methyl sites for hydroxylation is 1. The summed E-state index contributed by atoms with van der Waals surface area (Å²) in [5, 5.41) is 13.1. The lowest BCUT2D eigenvalue weighted by atomic mass is 10.00. The SMILES string of the molecule is O=C(CCc1cc2ncccc2o1)NCC(O)CN1CCc2ccccc2C1. The third-order valence-electron chi connectivity index (χ3n) is 5.15. The molecule has 1 aromatic carbocycles. The first-order chi connectivity index (χ1) is 13.7. The number of hydrogen-bond acceptors (Lipinski definition) is 5. The molecule has 6 heteroatoms. The topological polar surface area (TPSA) is 78.6 Å². The number of nitrogens with one attached hydrogen (secondary N) is 1. The van der Waals surface area contributed by atoms with Crippen molar-refractivity contribution >= 4 is 17.0 Å². The van der Waals surface area contributed by atoms with E-state index >= 15 is 0 Å². The molecule has 2 aromatic heterocycles. The van der Waals surface area contributed by atoms with Crippen LogP contribution in [0.2, 0.25) is 0 Å². The van der Waals surface area contributed by atoms with E-state index in [4.69, 9.17) is 4.42 Å². The standard InChI is InChI=1S/C22H25N3O3/c26-18(15-25-11-9-16-4-1-2-5-17(16)14-25)13-24-22(27)8-7-19-12-20-21(28-19)6-3-10-23-20/h1-6,10,12,18,26H,7-9,11,13-15H2,(H,24,27). The summed E-state index contributed by atoms with van der Waals surface area (Å²) in [5.41, 5.74) is 4.25. The van der Waals surface area contributed by atoms with Crippen molar-refractivity contribution in [2.75, 3.05) is 19.6 Å². The Kier molecular flexibility index (Phi) is 5.69. The van der Waals surface area contributed by atoms with Gasteiger partial charge in [0.2, 0.25) is 5.91 Å². The van der Waals surface area contributed by atoms with E-state index in [1.54, 1.807) is 6.20 Å². The maximum atomic E-state index is 12.1. The van der Waals surface area contributed by atoms with E-state index in [2.05, 4.69) is 39.5 Å². The van der Waals surface area contributed by atoms with Crippen molar-refractivity contribution in [1.29, 1.82) is 0 Å². The summed E-state index contributed by atoms with van der Waals surface area (Å²) in [4.78, 5) is 18.6. The number of nitrogens with zero attached hydrogens (tertiary/aromatic N) is 2. The molecule has 1 atom stereocenters. The molecule has 3 aromatic rings. The summed E-state index contributed by atoms with van der Waals surface area (Å²) in [6.45, 7) is 2.60. The zero-order chi connectivity index (χ0) is 19.3. The van der Waals surface area contributed by atoms with Gasteiger partial charge < -0.3 is 14.8 Å². The number of β-amino-alcohol motifs (C(OH)–C–C–N with tert-alkyl or cyclic N) is 1. The van der Waals surface area contributed by atoms with Gasteiger partial charge in [-0.2, -0.15) is 0 Å². The summed E-state index contributed by atoms with van der Waals surface area (Å²) in [5.74, 6) is 0.660. The Labute approximate surface area is 164 Å². The Hall–Kier alpha value is -2.70. The van der Waals surface area contributed by atoms with Gasteiger partial charge in [-0.05, 0) is 29.7 Å². The molecule has 1 unspecified atom stereocenters. The van der Waals surface area contributed by atoms with Gasteiger partial charge in [0, 0.05) is 51.3 Å². The maximum absolute atomic E-state index is 12.1. The quantitative estimate of drug-likeness (QED) is 0.659. The molecular formula is C22H25N3O3. The number of hydrogen-bond donors (Lipinski definition) is 2. The number of benzene rings is 1. The maximum Gasteiger partial charge on any atom is 0.220 e. The second-order valence-electron chi connectivity index (χ2n) is 7.31. The molecular weight excluding hydrogens is 354 g/mol. The van der Waals surface area contributed by atoms with Gasteiger partial charge in [-0.25, -0.2) is 0 Å². The van der Waals surface area contributed by atoms with Gasteiger partial charge >= 0.3 is 0 Å². The molecule has 0 radical (unpaired) electrons. The van der Waals surface area contributed by atoms with Gasteiger partial charge in [0.25, 0.3) is 0 Å². The lowest BCUT2D eigenvalue weighted by Gasteiger charge is -2.30. The fourth-order valence-electron chi connectivity index (χ4n) is 3.67. The molecule has 0 bridgehead atoms. The number of aliphatic hydroxyl groups is 1. The number of carbonyl (C=O) groups excluding carboxylic acids is 1. The zero-order valence-electron chi connectivity index (χ0n) is 15.8. The normalized spacial score (nSPS) is 15.3. The fourth-order valence-corrected chi connectivity index (χ4v) is 3.67. The Morgan fingerprint density at radius 3 is 2.96 bits per heavy atom. The van der Waals surface area contributed by atoms with Gasteiger partial charge in [0.15, 0.2) is 5.58 Å².